The average Bonchev–Trinajstić information content (AvgIpc) is 2.92. The van der Waals surface area contributed by atoms with E-state index in [1.165, 1.54) is 10.7 Å². The van der Waals surface area contributed by atoms with Crippen LogP contribution in [-0.2, 0) is 7.05 Å². The molecule has 0 unspecified atom stereocenters. The molecule has 3 aromatic rings. The molecule has 0 fully saturated rings. The Hall–Kier alpha value is -2.79. The number of aromatic carboxylic acids is 1. The highest BCUT2D eigenvalue weighted by molar-refractivity contribution is 6.30. The number of rotatable bonds is 4. The highest BCUT2D eigenvalue weighted by atomic mass is 35.5. The fourth-order valence-electron chi connectivity index (χ4n) is 2.14. The van der Waals surface area contributed by atoms with Gasteiger partial charge in [0.2, 0.25) is 0 Å². The highest BCUT2D eigenvalue weighted by Crippen LogP contribution is 2.26. The Bertz CT molecular complexity index is 839. The van der Waals surface area contributed by atoms with E-state index in [4.69, 9.17) is 21.4 Å². The van der Waals surface area contributed by atoms with Crippen molar-refractivity contribution in [2.75, 3.05) is 0 Å². The van der Waals surface area contributed by atoms with Gasteiger partial charge < -0.3 is 9.84 Å². The predicted octanol–water partition coefficient (Wildman–Crippen LogP) is 4.23. The quantitative estimate of drug-likeness (QED) is 0.778. The van der Waals surface area contributed by atoms with Crippen molar-refractivity contribution in [3.05, 3.63) is 65.3 Å². The number of halogens is 1. The van der Waals surface area contributed by atoms with Crippen molar-refractivity contribution in [1.29, 1.82) is 0 Å². The van der Waals surface area contributed by atoms with E-state index in [2.05, 4.69) is 5.10 Å². The number of aromatic nitrogens is 2. The molecule has 5 nitrogen and oxygen atoms in total. The number of hydrogen-bond acceptors (Lipinski definition) is 3. The number of carboxylic acids is 1. The van der Waals surface area contributed by atoms with Gasteiger partial charge in [-0.1, -0.05) is 11.6 Å². The Balaban J connectivity index is 1.80. The van der Waals surface area contributed by atoms with Crippen LogP contribution in [0.15, 0.2) is 54.6 Å². The van der Waals surface area contributed by atoms with Gasteiger partial charge in [0.15, 0.2) is 0 Å². The summed E-state index contributed by atoms with van der Waals surface area (Å²) in [7, 11) is 1.60. The monoisotopic (exact) mass is 328 g/mol. The highest BCUT2D eigenvalue weighted by Gasteiger charge is 2.12. The number of aryl methyl sites for hydroxylation is 1. The first kappa shape index (κ1) is 15.1. The largest absolute Gasteiger partial charge is 0.477 e. The minimum Gasteiger partial charge on any atom is -0.477 e. The second-order valence-electron chi connectivity index (χ2n) is 4.92. The van der Waals surface area contributed by atoms with Crippen LogP contribution in [0, 0.1) is 0 Å². The molecule has 0 aliphatic carbocycles. The van der Waals surface area contributed by atoms with E-state index in [1.807, 2.05) is 12.1 Å². The summed E-state index contributed by atoms with van der Waals surface area (Å²) in [6, 6.07) is 15.9. The molecule has 1 aromatic heterocycles. The fourth-order valence-corrected chi connectivity index (χ4v) is 2.27. The van der Waals surface area contributed by atoms with Crippen molar-refractivity contribution in [3.63, 3.8) is 0 Å². The van der Waals surface area contributed by atoms with Gasteiger partial charge in [0, 0.05) is 17.6 Å². The zero-order valence-electron chi connectivity index (χ0n) is 12.2. The lowest BCUT2D eigenvalue weighted by Crippen LogP contribution is -2.04. The summed E-state index contributed by atoms with van der Waals surface area (Å²) in [5.41, 5.74) is 1.56. The molecule has 6 heteroatoms. The second-order valence-corrected chi connectivity index (χ2v) is 5.36. The van der Waals surface area contributed by atoms with E-state index in [1.54, 1.807) is 43.4 Å². The molecule has 23 heavy (non-hydrogen) atoms. The molecule has 1 N–H and O–H groups in total. The molecular weight excluding hydrogens is 316 g/mol. The Labute approximate surface area is 137 Å². The lowest BCUT2D eigenvalue weighted by molar-refractivity contribution is 0.0685. The number of ether oxygens (including phenoxy) is 1. The summed E-state index contributed by atoms with van der Waals surface area (Å²) in [5.74, 6) is 0.354. The van der Waals surface area contributed by atoms with Crippen LogP contribution in [0.25, 0.3) is 11.3 Å². The van der Waals surface area contributed by atoms with Crippen molar-refractivity contribution < 1.29 is 14.6 Å². The maximum Gasteiger partial charge on any atom is 0.354 e. The third kappa shape index (κ3) is 3.35. The number of hydrogen-bond donors (Lipinski definition) is 1. The van der Waals surface area contributed by atoms with E-state index < -0.39 is 5.97 Å². The molecule has 116 valence electrons. The van der Waals surface area contributed by atoms with Crippen LogP contribution < -0.4 is 4.74 Å². The van der Waals surface area contributed by atoms with Crippen LogP contribution >= 0.6 is 11.6 Å². The van der Waals surface area contributed by atoms with Gasteiger partial charge in [0.05, 0.1) is 5.69 Å². The first-order chi connectivity index (χ1) is 11.0. The van der Waals surface area contributed by atoms with Crippen LogP contribution in [0.1, 0.15) is 10.5 Å². The molecule has 1 heterocycles. The molecule has 0 bridgehead atoms. The smallest absolute Gasteiger partial charge is 0.354 e. The number of carboxylic acid groups (broad SMARTS) is 1. The summed E-state index contributed by atoms with van der Waals surface area (Å²) in [4.78, 5) is 11.1. The van der Waals surface area contributed by atoms with Gasteiger partial charge in [0.1, 0.15) is 17.2 Å². The molecule has 0 saturated heterocycles. The van der Waals surface area contributed by atoms with Crippen molar-refractivity contribution >= 4 is 17.6 Å². The van der Waals surface area contributed by atoms with Gasteiger partial charge >= 0.3 is 5.97 Å². The summed E-state index contributed by atoms with van der Waals surface area (Å²) < 4.78 is 7.06. The number of nitrogens with zero attached hydrogens (tertiary/aromatic N) is 2. The molecule has 3 rings (SSSR count). The second kappa shape index (κ2) is 6.14. The Morgan fingerprint density at radius 3 is 2.17 bits per heavy atom. The average molecular weight is 329 g/mol. The van der Waals surface area contributed by atoms with E-state index in [0.29, 0.717) is 22.2 Å². The minimum absolute atomic E-state index is 0.140. The maximum absolute atomic E-state index is 11.1. The molecule has 0 spiro atoms. The van der Waals surface area contributed by atoms with Crippen LogP contribution in [0.4, 0.5) is 0 Å². The molecule has 0 radical (unpaired) electrons. The topological polar surface area (TPSA) is 64.4 Å². The first-order valence-corrected chi connectivity index (χ1v) is 7.22. The van der Waals surface area contributed by atoms with Gasteiger partial charge in [-0.15, -0.1) is 0 Å². The Kier molecular flexibility index (Phi) is 4.04. The summed E-state index contributed by atoms with van der Waals surface area (Å²) in [6.07, 6.45) is 0. The number of benzene rings is 2. The molecule has 0 amide bonds. The van der Waals surface area contributed by atoms with Gasteiger partial charge in [-0.3, -0.25) is 4.68 Å². The maximum atomic E-state index is 11.1. The van der Waals surface area contributed by atoms with Gasteiger partial charge in [-0.2, -0.15) is 5.10 Å². The molecule has 0 aliphatic heterocycles. The van der Waals surface area contributed by atoms with E-state index >= 15 is 0 Å². The third-order valence-electron chi connectivity index (χ3n) is 3.30. The van der Waals surface area contributed by atoms with E-state index in [0.717, 1.165) is 5.56 Å². The zero-order valence-corrected chi connectivity index (χ0v) is 13.0. The summed E-state index contributed by atoms with van der Waals surface area (Å²) >= 11 is 5.83. The summed E-state index contributed by atoms with van der Waals surface area (Å²) in [6.45, 7) is 0. The predicted molar refractivity (Wildman–Crippen MR) is 87.1 cm³/mol. The molecule has 0 saturated carbocycles. The minimum atomic E-state index is -1.01. The lowest BCUT2D eigenvalue weighted by atomic mass is 10.1. The van der Waals surface area contributed by atoms with Gasteiger partial charge in [-0.05, 0) is 54.6 Å². The zero-order chi connectivity index (χ0) is 16.4. The van der Waals surface area contributed by atoms with Crippen molar-refractivity contribution in [2.45, 2.75) is 0 Å². The fraction of sp³-hybridized carbons (Fsp3) is 0.0588. The van der Waals surface area contributed by atoms with E-state index in [9.17, 15) is 4.79 Å². The molecule has 0 atom stereocenters. The third-order valence-corrected chi connectivity index (χ3v) is 3.55. The summed E-state index contributed by atoms with van der Waals surface area (Å²) in [5, 5.41) is 13.9. The normalized spacial score (nSPS) is 10.5. The molecular formula is C17H13ClN2O3. The Morgan fingerprint density at radius 1 is 1.09 bits per heavy atom. The standard InChI is InChI=1S/C17H13ClN2O3/c1-20-16(17(21)22)10-15(19-20)11-2-6-13(7-3-11)23-14-8-4-12(18)5-9-14/h2-10H,1H3,(H,21,22). The first-order valence-electron chi connectivity index (χ1n) is 6.84. The SMILES string of the molecule is Cn1nc(-c2ccc(Oc3ccc(Cl)cc3)cc2)cc1C(=O)O. The Morgan fingerprint density at radius 2 is 1.65 bits per heavy atom. The van der Waals surface area contributed by atoms with Crippen LogP contribution in [0.2, 0.25) is 5.02 Å². The van der Waals surface area contributed by atoms with Crippen LogP contribution in [-0.4, -0.2) is 20.9 Å². The number of carbonyl (C=O) groups is 1. The van der Waals surface area contributed by atoms with E-state index in [-0.39, 0.29) is 5.69 Å². The van der Waals surface area contributed by atoms with Gasteiger partial charge in [-0.25, -0.2) is 4.79 Å². The molecule has 0 aliphatic rings. The van der Waals surface area contributed by atoms with Crippen molar-refractivity contribution in [2.24, 2.45) is 7.05 Å². The van der Waals surface area contributed by atoms with Crippen molar-refractivity contribution in [3.8, 4) is 22.8 Å². The van der Waals surface area contributed by atoms with Crippen molar-refractivity contribution in [1.82, 2.24) is 9.78 Å². The lowest BCUT2D eigenvalue weighted by Gasteiger charge is -2.06. The van der Waals surface area contributed by atoms with Crippen LogP contribution in [0.3, 0.4) is 0 Å². The molecule has 2 aromatic carbocycles. The van der Waals surface area contributed by atoms with Gasteiger partial charge in [0.25, 0.3) is 0 Å². The van der Waals surface area contributed by atoms with Crippen LogP contribution in [0.5, 0.6) is 11.5 Å².